The highest BCUT2D eigenvalue weighted by Crippen LogP contribution is 2.16. The van der Waals surface area contributed by atoms with Gasteiger partial charge in [0.15, 0.2) is 6.61 Å². The van der Waals surface area contributed by atoms with Crippen LogP contribution in [0.25, 0.3) is 10.8 Å². The number of nitrogens with zero attached hydrogens (tertiary/aromatic N) is 2. The van der Waals surface area contributed by atoms with Gasteiger partial charge in [-0.15, -0.1) is 0 Å². The number of halogens is 1. The van der Waals surface area contributed by atoms with E-state index in [2.05, 4.69) is 10.2 Å². The summed E-state index contributed by atoms with van der Waals surface area (Å²) in [4.78, 5) is 37.7. The molecule has 2 aromatic carbocycles. The van der Waals surface area contributed by atoms with Crippen molar-refractivity contribution in [1.29, 1.82) is 0 Å². The molecule has 0 spiro atoms. The van der Waals surface area contributed by atoms with Crippen molar-refractivity contribution in [3.8, 4) is 0 Å². The lowest BCUT2D eigenvalue weighted by atomic mass is 10.1. The maximum absolute atomic E-state index is 13.1. The molecule has 0 bridgehead atoms. The number of carbonyl (C=O) groups excluding carboxylic acids is 2. The van der Waals surface area contributed by atoms with Gasteiger partial charge in [0.1, 0.15) is 5.82 Å². The molecule has 0 radical (unpaired) electrons. The number of anilines is 1. The highest BCUT2D eigenvalue weighted by atomic mass is 19.1. The molecule has 0 saturated heterocycles. The van der Waals surface area contributed by atoms with Crippen LogP contribution in [-0.2, 0) is 20.7 Å². The molecule has 1 N–H and O–H groups in total. The summed E-state index contributed by atoms with van der Waals surface area (Å²) in [5.41, 5.74) is 0.526. The highest BCUT2D eigenvalue weighted by molar-refractivity contribution is 5.95. The molecule has 3 rings (SSSR count). The van der Waals surface area contributed by atoms with Crippen molar-refractivity contribution in [3.63, 3.8) is 0 Å². The SMILES string of the molecule is CCN(C(=O)COC(=O)Cc1n[nH]c(=O)c2ccccc12)c1ccc(F)cc1. The van der Waals surface area contributed by atoms with Crippen LogP contribution in [0, 0.1) is 5.82 Å². The van der Waals surface area contributed by atoms with Gasteiger partial charge in [-0.25, -0.2) is 9.49 Å². The fraction of sp³-hybridized carbons (Fsp3) is 0.200. The summed E-state index contributed by atoms with van der Waals surface area (Å²) in [6.07, 6.45) is -0.187. The molecule has 28 heavy (non-hydrogen) atoms. The summed E-state index contributed by atoms with van der Waals surface area (Å²) in [5, 5.41) is 7.23. The first-order valence-corrected chi connectivity index (χ1v) is 8.67. The van der Waals surface area contributed by atoms with E-state index in [0.717, 1.165) is 0 Å². The van der Waals surface area contributed by atoms with E-state index < -0.39 is 24.3 Å². The first-order valence-electron chi connectivity index (χ1n) is 8.67. The first-order chi connectivity index (χ1) is 13.5. The number of H-pyrrole nitrogens is 1. The van der Waals surface area contributed by atoms with Gasteiger partial charge in [0, 0.05) is 17.6 Å². The lowest BCUT2D eigenvalue weighted by Gasteiger charge is -2.20. The van der Waals surface area contributed by atoms with Crippen molar-refractivity contribution in [2.45, 2.75) is 13.3 Å². The Morgan fingerprint density at radius 3 is 2.46 bits per heavy atom. The smallest absolute Gasteiger partial charge is 0.312 e. The number of hydrogen-bond donors (Lipinski definition) is 1. The van der Waals surface area contributed by atoms with Crippen molar-refractivity contribution in [1.82, 2.24) is 10.2 Å². The first kappa shape index (κ1) is 19.2. The standard InChI is InChI=1S/C20H18FN3O4/c1-2-24(14-9-7-13(21)8-10-14)18(25)12-28-19(26)11-17-15-5-3-4-6-16(15)20(27)23-22-17/h3-10H,2,11-12H2,1H3,(H,23,27). The fourth-order valence-electron chi connectivity index (χ4n) is 2.84. The van der Waals surface area contributed by atoms with Gasteiger partial charge in [0.05, 0.1) is 17.5 Å². The summed E-state index contributed by atoms with van der Waals surface area (Å²) in [5.74, 6) is -1.48. The average molecular weight is 383 g/mol. The number of esters is 1. The summed E-state index contributed by atoms with van der Waals surface area (Å²) < 4.78 is 18.1. The molecule has 0 atom stereocenters. The number of fused-ring (bicyclic) bond motifs is 1. The van der Waals surface area contributed by atoms with Crippen LogP contribution in [0.2, 0.25) is 0 Å². The van der Waals surface area contributed by atoms with Gasteiger partial charge in [-0.3, -0.25) is 14.4 Å². The number of ether oxygens (including phenoxy) is 1. The second kappa shape index (κ2) is 8.43. The summed E-state index contributed by atoms with van der Waals surface area (Å²) >= 11 is 0. The molecule has 3 aromatic rings. The Morgan fingerprint density at radius 2 is 1.79 bits per heavy atom. The van der Waals surface area contributed by atoms with E-state index in [9.17, 15) is 18.8 Å². The molecule has 1 amide bonds. The zero-order valence-electron chi connectivity index (χ0n) is 15.1. The average Bonchev–Trinajstić information content (AvgIpc) is 2.71. The van der Waals surface area contributed by atoms with Crippen LogP contribution in [0.3, 0.4) is 0 Å². The Balaban J connectivity index is 1.65. The third-order valence-corrected chi connectivity index (χ3v) is 4.20. The van der Waals surface area contributed by atoms with Gasteiger partial charge >= 0.3 is 5.97 Å². The van der Waals surface area contributed by atoms with Crippen LogP contribution in [0.4, 0.5) is 10.1 Å². The Bertz CT molecular complexity index is 1060. The zero-order chi connectivity index (χ0) is 20.1. The minimum Gasteiger partial charge on any atom is -0.455 e. The molecule has 1 heterocycles. The van der Waals surface area contributed by atoms with Gasteiger partial charge in [-0.1, -0.05) is 18.2 Å². The monoisotopic (exact) mass is 383 g/mol. The molecule has 0 aliphatic heterocycles. The number of aromatic nitrogens is 2. The molecule has 0 aliphatic carbocycles. The predicted molar refractivity (Wildman–Crippen MR) is 101 cm³/mol. The third-order valence-electron chi connectivity index (χ3n) is 4.20. The second-order valence-corrected chi connectivity index (χ2v) is 6.00. The number of aromatic amines is 1. The van der Waals surface area contributed by atoms with Crippen LogP contribution in [0.1, 0.15) is 12.6 Å². The number of likely N-dealkylation sites (N-methyl/N-ethyl adjacent to an activating group) is 1. The second-order valence-electron chi connectivity index (χ2n) is 6.00. The number of rotatable bonds is 6. The third kappa shape index (κ3) is 4.22. The van der Waals surface area contributed by atoms with Gasteiger partial charge in [0.25, 0.3) is 11.5 Å². The van der Waals surface area contributed by atoms with E-state index in [1.807, 2.05) is 0 Å². The van der Waals surface area contributed by atoms with Gasteiger partial charge in [-0.05, 0) is 37.3 Å². The molecule has 144 valence electrons. The van der Waals surface area contributed by atoms with Crippen LogP contribution >= 0.6 is 0 Å². The lowest BCUT2D eigenvalue weighted by Crippen LogP contribution is -2.34. The Morgan fingerprint density at radius 1 is 1.11 bits per heavy atom. The van der Waals surface area contributed by atoms with Crippen molar-refractivity contribution in [3.05, 3.63) is 70.4 Å². The maximum atomic E-state index is 13.1. The van der Waals surface area contributed by atoms with E-state index in [1.54, 1.807) is 31.2 Å². The quantitative estimate of drug-likeness (QED) is 0.659. The number of hydrogen-bond acceptors (Lipinski definition) is 5. The minimum absolute atomic E-state index is 0.187. The van der Waals surface area contributed by atoms with Gasteiger partial charge in [0.2, 0.25) is 0 Å². The van der Waals surface area contributed by atoms with Crippen LogP contribution in [-0.4, -0.2) is 35.2 Å². The Kier molecular flexibility index (Phi) is 5.78. The van der Waals surface area contributed by atoms with E-state index in [0.29, 0.717) is 28.7 Å². The maximum Gasteiger partial charge on any atom is 0.312 e. The molecule has 0 unspecified atom stereocenters. The fourth-order valence-corrected chi connectivity index (χ4v) is 2.84. The molecule has 0 fully saturated rings. The van der Waals surface area contributed by atoms with E-state index >= 15 is 0 Å². The largest absolute Gasteiger partial charge is 0.455 e. The number of amides is 1. The Labute approximate surface area is 159 Å². The highest BCUT2D eigenvalue weighted by Gasteiger charge is 2.17. The Hall–Kier alpha value is -3.55. The summed E-state index contributed by atoms with van der Waals surface area (Å²) in [6.45, 7) is 1.65. The molecule has 0 saturated carbocycles. The van der Waals surface area contributed by atoms with Crippen molar-refractivity contribution in [2.75, 3.05) is 18.1 Å². The van der Waals surface area contributed by atoms with Crippen molar-refractivity contribution in [2.24, 2.45) is 0 Å². The normalized spacial score (nSPS) is 10.6. The van der Waals surface area contributed by atoms with E-state index in [1.165, 1.54) is 29.2 Å². The molecule has 0 aliphatic rings. The minimum atomic E-state index is -0.645. The van der Waals surface area contributed by atoms with E-state index in [-0.39, 0.29) is 12.0 Å². The number of benzene rings is 2. The molecular formula is C20H18FN3O4. The topological polar surface area (TPSA) is 92.4 Å². The predicted octanol–water partition coefficient (Wildman–Crippen LogP) is 2.20. The van der Waals surface area contributed by atoms with Crippen LogP contribution < -0.4 is 10.5 Å². The van der Waals surface area contributed by atoms with Crippen molar-refractivity contribution >= 4 is 28.3 Å². The van der Waals surface area contributed by atoms with Crippen molar-refractivity contribution < 1.29 is 18.7 Å². The number of nitrogens with one attached hydrogen (secondary N) is 1. The van der Waals surface area contributed by atoms with Crippen LogP contribution in [0.5, 0.6) is 0 Å². The number of carbonyl (C=O) groups is 2. The molecular weight excluding hydrogens is 365 g/mol. The molecule has 8 heteroatoms. The zero-order valence-corrected chi connectivity index (χ0v) is 15.1. The van der Waals surface area contributed by atoms with E-state index in [4.69, 9.17) is 4.74 Å². The summed E-state index contributed by atoms with van der Waals surface area (Å²) in [6, 6.07) is 12.3. The lowest BCUT2D eigenvalue weighted by molar-refractivity contribution is -0.147. The van der Waals surface area contributed by atoms with Crippen LogP contribution in [0.15, 0.2) is 53.3 Å². The molecule has 1 aromatic heterocycles. The molecule has 7 nitrogen and oxygen atoms in total. The summed E-state index contributed by atoms with van der Waals surface area (Å²) in [7, 11) is 0. The van der Waals surface area contributed by atoms with Gasteiger partial charge < -0.3 is 9.64 Å². The van der Waals surface area contributed by atoms with Gasteiger partial charge in [-0.2, -0.15) is 5.10 Å².